The van der Waals surface area contributed by atoms with Gasteiger partial charge in [0, 0.05) is 13.1 Å². The van der Waals surface area contributed by atoms with Crippen molar-refractivity contribution < 1.29 is 19.4 Å². The molecule has 1 N–H and O–H groups in total. The average Bonchev–Trinajstić information content (AvgIpc) is 2.38. The minimum atomic E-state index is -0.893. The van der Waals surface area contributed by atoms with Gasteiger partial charge in [-0.15, -0.1) is 6.58 Å². The van der Waals surface area contributed by atoms with Crippen LogP contribution in [0.15, 0.2) is 36.9 Å². The largest absolute Gasteiger partial charge is 0.491 e. The molecule has 0 radical (unpaired) electrons. The third-order valence-electron chi connectivity index (χ3n) is 2.68. The Morgan fingerprint density at radius 2 is 2.10 bits per heavy atom. The highest BCUT2D eigenvalue weighted by molar-refractivity contribution is 5.96. The van der Waals surface area contributed by atoms with Crippen LogP contribution in [-0.2, 0) is 4.79 Å². The molecule has 0 aliphatic heterocycles. The van der Waals surface area contributed by atoms with Crippen molar-refractivity contribution in [2.24, 2.45) is 0 Å². The zero-order valence-electron chi connectivity index (χ0n) is 11.5. The highest BCUT2D eigenvalue weighted by atomic mass is 16.5. The second-order valence-corrected chi connectivity index (χ2v) is 4.32. The lowest BCUT2D eigenvalue weighted by molar-refractivity contribution is -0.138. The Kier molecular flexibility index (Phi) is 6.46. The van der Waals surface area contributed by atoms with Crippen LogP contribution in [-0.4, -0.2) is 48.0 Å². The van der Waals surface area contributed by atoms with Gasteiger partial charge in [-0.3, -0.25) is 14.5 Å². The SMILES string of the molecule is C=CCN(CCOc1ccccc1C(C)=O)CC(=O)O. The molecular weight excluding hydrogens is 258 g/mol. The van der Waals surface area contributed by atoms with Crippen molar-refractivity contribution in [3.8, 4) is 5.75 Å². The molecule has 5 nitrogen and oxygen atoms in total. The van der Waals surface area contributed by atoms with Crippen LogP contribution in [0.3, 0.4) is 0 Å². The third kappa shape index (κ3) is 5.24. The molecule has 0 spiro atoms. The van der Waals surface area contributed by atoms with Gasteiger partial charge >= 0.3 is 5.97 Å². The van der Waals surface area contributed by atoms with E-state index >= 15 is 0 Å². The molecular formula is C15H19NO4. The first kappa shape index (κ1) is 15.9. The number of para-hydroxylation sites is 1. The molecule has 0 saturated carbocycles. The van der Waals surface area contributed by atoms with E-state index in [4.69, 9.17) is 9.84 Å². The first-order valence-corrected chi connectivity index (χ1v) is 6.32. The molecule has 0 aromatic heterocycles. The number of nitrogens with zero attached hydrogens (tertiary/aromatic N) is 1. The Hall–Kier alpha value is -2.14. The highest BCUT2D eigenvalue weighted by Gasteiger charge is 2.10. The van der Waals surface area contributed by atoms with Crippen LogP contribution < -0.4 is 4.74 Å². The molecule has 5 heteroatoms. The van der Waals surface area contributed by atoms with Crippen molar-refractivity contribution in [2.75, 3.05) is 26.2 Å². The fourth-order valence-corrected chi connectivity index (χ4v) is 1.78. The number of aliphatic carboxylic acids is 1. The number of carbonyl (C=O) groups excluding carboxylic acids is 1. The van der Waals surface area contributed by atoms with Crippen LogP contribution in [0.5, 0.6) is 5.75 Å². The van der Waals surface area contributed by atoms with Gasteiger partial charge in [0.1, 0.15) is 12.4 Å². The third-order valence-corrected chi connectivity index (χ3v) is 2.68. The second kappa shape index (κ2) is 8.12. The zero-order valence-corrected chi connectivity index (χ0v) is 11.5. The molecule has 0 aliphatic rings. The molecule has 0 unspecified atom stereocenters. The quantitative estimate of drug-likeness (QED) is 0.551. The Bertz CT molecular complexity index is 485. The van der Waals surface area contributed by atoms with Crippen molar-refractivity contribution in [3.05, 3.63) is 42.5 Å². The van der Waals surface area contributed by atoms with E-state index in [1.54, 1.807) is 35.2 Å². The van der Waals surface area contributed by atoms with Gasteiger partial charge in [0.25, 0.3) is 0 Å². The van der Waals surface area contributed by atoms with E-state index in [1.165, 1.54) is 6.92 Å². The lowest BCUT2D eigenvalue weighted by Crippen LogP contribution is -2.33. The van der Waals surface area contributed by atoms with Crippen molar-refractivity contribution in [3.63, 3.8) is 0 Å². The van der Waals surface area contributed by atoms with Crippen LogP contribution in [0.4, 0.5) is 0 Å². The first-order chi connectivity index (χ1) is 9.54. The Labute approximate surface area is 118 Å². The molecule has 1 rings (SSSR count). The lowest BCUT2D eigenvalue weighted by atomic mass is 10.1. The summed E-state index contributed by atoms with van der Waals surface area (Å²) in [6.07, 6.45) is 1.65. The number of benzene rings is 1. The van der Waals surface area contributed by atoms with Crippen LogP contribution in [0.2, 0.25) is 0 Å². The summed E-state index contributed by atoms with van der Waals surface area (Å²) in [6, 6.07) is 7.00. The molecule has 0 heterocycles. The predicted octanol–water partition coefficient (Wildman–Crippen LogP) is 1.84. The van der Waals surface area contributed by atoms with Gasteiger partial charge in [-0.05, 0) is 19.1 Å². The van der Waals surface area contributed by atoms with Gasteiger partial charge in [0.2, 0.25) is 0 Å². The van der Waals surface area contributed by atoms with Crippen molar-refractivity contribution >= 4 is 11.8 Å². The summed E-state index contributed by atoms with van der Waals surface area (Å²) in [4.78, 5) is 23.8. The molecule has 20 heavy (non-hydrogen) atoms. The lowest BCUT2D eigenvalue weighted by Gasteiger charge is -2.18. The Balaban J connectivity index is 2.56. The summed E-state index contributed by atoms with van der Waals surface area (Å²) in [7, 11) is 0. The summed E-state index contributed by atoms with van der Waals surface area (Å²) in [5, 5.41) is 8.78. The molecule has 0 bridgehead atoms. The summed E-state index contributed by atoms with van der Waals surface area (Å²) >= 11 is 0. The van der Waals surface area contributed by atoms with Gasteiger partial charge in [0.15, 0.2) is 5.78 Å². The van der Waals surface area contributed by atoms with E-state index in [-0.39, 0.29) is 12.3 Å². The minimum Gasteiger partial charge on any atom is -0.491 e. The number of ketones is 1. The fourth-order valence-electron chi connectivity index (χ4n) is 1.78. The van der Waals surface area contributed by atoms with Crippen molar-refractivity contribution in [1.82, 2.24) is 4.90 Å². The topological polar surface area (TPSA) is 66.8 Å². The molecule has 0 atom stereocenters. The van der Waals surface area contributed by atoms with Crippen LogP contribution >= 0.6 is 0 Å². The van der Waals surface area contributed by atoms with Gasteiger partial charge in [0.05, 0.1) is 12.1 Å². The van der Waals surface area contributed by atoms with Crippen molar-refractivity contribution in [2.45, 2.75) is 6.92 Å². The monoisotopic (exact) mass is 277 g/mol. The summed E-state index contributed by atoms with van der Waals surface area (Å²) < 4.78 is 5.57. The fraction of sp³-hybridized carbons (Fsp3) is 0.333. The number of rotatable bonds is 9. The molecule has 0 saturated heterocycles. The summed E-state index contributed by atoms with van der Waals surface area (Å²) in [6.45, 7) is 6.24. The van der Waals surface area contributed by atoms with E-state index < -0.39 is 5.97 Å². The normalized spacial score (nSPS) is 10.3. The number of carbonyl (C=O) groups is 2. The first-order valence-electron chi connectivity index (χ1n) is 6.32. The van der Waals surface area contributed by atoms with Gasteiger partial charge in [-0.25, -0.2) is 0 Å². The second-order valence-electron chi connectivity index (χ2n) is 4.32. The number of hydrogen-bond donors (Lipinski definition) is 1. The van der Waals surface area contributed by atoms with Gasteiger partial charge < -0.3 is 9.84 Å². The summed E-state index contributed by atoms with van der Waals surface area (Å²) in [5.74, 6) is -0.432. The summed E-state index contributed by atoms with van der Waals surface area (Å²) in [5.41, 5.74) is 0.529. The maximum atomic E-state index is 11.4. The number of Topliss-reactive ketones (excluding diaryl/α,β-unsaturated/α-hetero) is 1. The van der Waals surface area contributed by atoms with E-state index in [0.717, 1.165) is 0 Å². The van der Waals surface area contributed by atoms with E-state index in [1.807, 2.05) is 0 Å². The Morgan fingerprint density at radius 1 is 1.40 bits per heavy atom. The van der Waals surface area contributed by atoms with Gasteiger partial charge in [-0.2, -0.15) is 0 Å². The molecule has 0 aliphatic carbocycles. The maximum absolute atomic E-state index is 11.4. The molecule has 108 valence electrons. The van der Waals surface area contributed by atoms with Gasteiger partial charge in [-0.1, -0.05) is 18.2 Å². The van der Waals surface area contributed by atoms with Crippen LogP contribution in [0.25, 0.3) is 0 Å². The van der Waals surface area contributed by atoms with E-state index in [9.17, 15) is 9.59 Å². The number of carboxylic acids is 1. The molecule has 1 aromatic carbocycles. The van der Waals surface area contributed by atoms with E-state index in [2.05, 4.69) is 6.58 Å². The molecule has 0 fully saturated rings. The Morgan fingerprint density at radius 3 is 2.70 bits per heavy atom. The van der Waals surface area contributed by atoms with Crippen molar-refractivity contribution in [1.29, 1.82) is 0 Å². The molecule has 0 amide bonds. The zero-order chi connectivity index (χ0) is 15.0. The number of hydrogen-bond acceptors (Lipinski definition) is 4. The molecule has 1 aromatic rings. The maximum Gasteiger partial charge on any atom is 0.317 e. The standard InChI is InChI=1S/C15H19NO4/c1-3-8-16(11-15(18)19)9-10-20-14-7-5-4-6-13(14)12(2)17/h3-7H,1,8-11H2,2H3,(H,18,19). The van der Waals surface area contributed by atoms with Crippen LogP contribution in [0, 0.1) is 0 Å². The minimum absolute atomic E-state index is 0.0610. The van der Waals surface area contributed by atoms with Crippen LogP contribution in [0.1, 0.15) is 17.3 Å². The smallest absolute Gasteiger partial charge is 0.317 e. The average molecular weight is 277 g/mol. The van der Waals surface area contributed by atoms with E-state index in [0.29, 0.717) is 31.0 Å². The highest BCUT2D eigenvalue weighted by Crippen LogP contribution is 2.18. The number of ether oxygens (including phenoxy) is 1. The number of carboxylic acid groups (broad SMARTS) is 1. The predicted molar refractivity (Wildman–Crippen MR) is 76.2 cm³/mol.